The summed E-state index contributed by atoms with van der Waals surface area (Å²) in [5.74, 6) is 0.473. The Balaban J connectivity index is 2.11. The van der Waals surface area contributed by atoms with Gasteiger partial charge in [0.1, 0.15) is 5.82 Å². The third kappa shape index (κ3) is 2.73. The maximum Gasteiger partial charge on any atom is 0.255 e. The third-order valence-electron chi connectivity index (χ3n) is 3.08. The summed E-state index contributed by atoms with van der Waals surface area (Å²) in [6.07, 6.45) is 2.48. The Morgan fingerprint density at radius 2 is 2.22 bits per heavy atom. The molecule has 0 atom stereocenters. The normalized spacial score (nSPS) is 16.7. The zero-order chi connectivity index (χ0) is 13.1. The molecule has 2 N–H and O–H groups in total. The molecule has 1 aliphatic heterocycles. The van der Waals surface area contributed by atoms with Gasteiger partial charge in [0.2, 0.25) is 0 Å². The summed E-state index contributed by atoms with van der Waals surface area (Å²) >= 11 is 6.00. The van der Waals surface area contributed by atoms with Crippen molar-refractivity contribution in [2.24, 2.45) is 0 Å². The SMILES string of the molecule is CNc1ncc(C(=O)N2CCC(O)CC2)cc1Cl. The first kappa shape index (κ1) is 13.1. The summed E-state index contributed by atoms with van der Waals surface area (Å²) in [6, 6.07) is 1.62. The predicted octanol–water partition coefficient (Wildman–Crippen LogP) is 1.37. The molecule has 5 nitrogen and oxygen atoms in total. The summed E-state index contributed by atoms with van der Waals surface area (Å²) in [7, 11) is 1.72. The number of carbonyl (C=O) groups is 1. The van der Waals surface area contributed by atoms with Gasteiger partial charge in [0.05, 0.1) is 16.7 Å². The highest BCUT2D eigenvalue weighted by Crippen LogP contribution is 2.21. The fourth-order valence-electron chi connectivity index (χ4n) is 1.99. The monoisotopic (exact) mass is 269 g/mol. The molecule has 1 amide bonds. The van der Waals surface area contributed by atoms with Crippen molar-refractivity contribution in [2.45, 2.75) is 18.9 Å². The van der Waals surface area contributed by atoms with Gasteiger partial charge in [0, 0.05) is 26.3 Å². The molecule has 98 valence electrons. The Bertz CT molecular complexity index is 445. The average molecular weight is 270 g/mol. The lowest BCUT2D eigenvalue weighted by Crippen LogP contribution is -2.40. The molecule has 0 saturated carbocycles. The molecule has 0 bridgehead atoms. The summed E-state index contributed by atoms with van der Waals surface area (Å²) in [4.78, 5) is 18.0. The fourth-order valence-corrected chi connectivity index (χ4v) is 2.25. The van der Waals surface area contributed by atoms with Crippen LogP contribution < -0.4 is 5.32 Å². The van der Waals surface area contributed by atoms with E-state index in [1.165, 1.54) is 6.20 Å². The lowest BCUT2D eigenvalue weighted by atomic mass is 10.1. The smallest absolute Gasteiger partial charge is 0.255 e. The second-order valence-corrected chi connectivity index (χ2v) is 4.73. The first-order valence-electron chi connectivity index (χ1n) is 5.92. The van der Waals surface area contributed by atoms with Crippen LogP contribution in [0.3, 0.4) is 0 Å². The number of nitrogens with one attached hydrogen (secondary N) is 1. The number of halogens is 1. The van der Waals surface area contributed by atoms with Gasteiger partial charge < -0.3 is 15.3 Å². The van der Waals surface area contributed by atoms with Crippen LogP contribution in [0.4, 0.5) is 5.82 Å². The van der Waals surface area contributed by atoms with Crippen molar-refractivity contribution in [1.29, 1.82) is 0 Å². The molecule has 0 aromatic carbocycles. The maximum absolute atomic E-state index is 12.2. The highest BCUT2D eigenvalue weighted by atomic mass is 35.5. The quantitative estimate of drug-likeness (QED) is 0.851. The molecule has 18 heavy (non-hydrogen) atoms. The van der Waals surface area contributed by atoms with Gasteiger partial charge in [-0.05, 0) is 18.9 Å². The second-order valence-electron chi connectivity index (χ2n) is 4.33. The summed E-state index contributed by atoms with van der Waals surface area (Å²) in [5, 5.41) is 12.7. The number of aliphatic hydroxyl groups excluding tert-OH is 1. The molecule has 1 aromatic heterocycles. The van der Waals surface area contributed by atoms with E-state index in [1.54, 1.807) is 18.0 Å². The standard InChI is InChI=1S/C12H16ClN3O2/c1-14-11-10(13)6-8(7-15-11)12(18)16-4-2-9(17)3-5-16/h6-7,9,17H,2-5H2,1H3,(H,14,15). The molecular weight excluding hydrogens is 254 g/mol. The van der Waals surface area contributed by atoms with Gasteiger partial charge in [-0.15, -0.1) is 0 Å². The van der Waals surface area contributed by atoms with Crippen LogP contribution in [0.25, 0.3) is 0 Å². The van der Waals surface area contributed by atoms with Crippen molar-refractivity contribution in [1.82, 2.24) is 9.88 Å². The van der Waals surface area contributed by atoms with Gasteiger partial charge in [-0.2, -0.15) is 0 Å². The van der Waals surface area contributed by atoms with E-state index in [2.05, 4.69) is 10.3 Å². The number of aliphatic hydroxyl groups is 1. The minimum atomic E-state index is -0.289. The number of anilines is 1. The Morgan fingerprint density at radius 1 is 1.56 bits per heavy atom. The molecule has 6 heteroatoms. The number of pyridine rings is 1. The highest BCUT2D eigenvalue weighted by Gasteiger charge is 2.22. The number of amides is 1. The number of carbonyl (C=O) groups excluding carboxylic acids is 1. The van der Waals surface area contributed by atoms with Crippen LogP contribution in [0.15, 0.2) is 12.3 Å². The Labute approximate surface area is 111 Å². The largest absolute Gasteiger partial charge is 0.393 e. The van der Waals surface area contributed by atoms with Crippen LogP contribution in [-0.4, -0.2) is 47.1 Å². The average Bonchev–Trinajstić information content (AvgIpc) is 2.38. The topological polar surface area (TPSA) is 65.5 Å². The van der Waals surface area contributed by atoms with E-state index < -0.39 is 0 Å². The molecule has 1 saturated heterocycles. The zero-order valence-corrected chi connectivity index (χ0v) is 10.9. The number of aromatic nitrogens is 1. The van der Waals surface area contributed by atoms with Crippen molar-refractivity contribution < 1.29 is 9.90 Å². The van der Waals surface area contributed by atoms with Crippen LogP contribution in [0.5, 0.6) is 0 Å². The third-order valence-corrected chi connectivity index (χ3v) is 3.36. The molecule has 1 aromatic rings. The molecule has 0 unspecified atom stereocenters. The fraction of sp³-hybridized carbons (Fsp3) is 0.500. The number of hydrogen-bond donors (Lipinski definition) is 2. The maximum atomic E-state index is 12.2. The predicted molar refractivity (Wildman–Crippen MR) is 69.9 cm³/mol. The van der Waals surface area contributed by atoms with Crippen LogP contribution >= 0.6 is 11.6 Å². The number of nitrogens with zero attached hydrogens (tertiary/aromatic N) is 2. The molecular formula is C12H16ClN3O2. The second kappa shape index (κ2) is 5.54. The van der Waals surface area contributed by atoms with E-state index in [1.807, 2.05) is 0 Å². The van der Waals surface area contributed by atoms with Gasteiger partial charge in [0.25, 0.3) is 5.91 Å². The number of likely N-dealkylation sites (tertiary alicyclic amines) is 1. The number of hydrogen-bond acceptors (Lipinski definition) is 4. The number of piperidine rings is 1. The Morgan fingerprint density at radius 3 is 2.78 bits per heavy atom. The number of rotatable bonds is 2. The first-order valence-corrected chi connectivity index (χ1v) is 6.30. The van der Waals surface area contributed by atoms with Gasteiger partial charge in [0.15, 0.2) is 0 Å². The van der Waals surface area contributed by atoms with E-state index in [0.717, 1.165) is 0 Å². The van der Waals surface area contributed by atoms with Crippen molar-refractivity contribution in [3.63, 3.8) is 0 Å². The lowest BCUT2D eigenvalue weighted by Gasteiger charge is -2.29. The molecule has 0 radical (unpaired) electrons. The van der Waals surface area contributed by atoms with E-state index in [0.29, 0.717) is 42.3 Å². The van der Waals surface area contributed by atoms with Crippen molar-refractivity contribution in [2.75, 3.05) is 25.5 Å². The van der Waals surface area contributed by atoms with Gasteiger partial charge in [-0.3, -0.25) is 4.79 Å². The van der Waals surface area contributed by atoms with E-state index in [-0.39, 0.29) is 12.0 Å². The van der Waals surface area contributed by atoms with E-state index in [4.69, 9.17) is 11.6 Å². The molecule has 2 heterocycles. The summed E-state index contributed by atoms with van der Waals surface area (Å²) in [5.41, 5.74) is 0.482. The van der Waals surface area contributed by atoms with Crippen LogP contribution in [-0.2, 0) is 0 Å². The first-order chi connectivity index (χ1) is 8.61. The van der Waals surface area contributed by atoms with Crippen molar-refractivity contribution in [3.05, 3.63) is 22.8 Å². The van der Waals surface area contributed by atoms with Gasteiger partial charge in [-0.1, -0.05) is 11.6 Å². The zero-order valence-electron chi connectivity index (χ0n) is 10.2. The minimum absolute atomic E-state index is 0.0843. The van der Waals surface area contributed by atoms with Gasteiger partial charge in [-0.25, -0.2) is 4.98 Å². The lowest BCUT2D eigenvalue weighted by molar-refractivity contribution is 0.0546. The van der Waals surface area contributed by atoms with E-state index >= 15 is 0 Å². The van der Waals surface area contributed by atoms with Crippen LogP contribution in [0, 0.1) is 0 Å². The summed E-state index contributed by atoms with van der Waals surface area (Å²) < 4.78 is 0. The Kier molecular flexibility index (Phi) is 4.04. The molecule has 0 spiro atoms. The highest BCUT2D eigenvalue weighted by molar-refractivity contribution is 6.33. The molecule has 1 fully saturated rings. The summed E-state index contributed by atoms with van der Waals surface area (Å²) in [6.45, 7) is 1.15. The molecule has 1 aliphatic rings. The van der Waals surface area contributed by atoms with Gasteiger partial charge >= 0.3 is 0 Å². The minimum Gasteiger partial charge on any atom is -0.393 e. The van der Waals surface area contributed by atoms with Crippen molar-refractivity contribution >= 4 is 23.3 Å². The Hall–Kier alpha value is -1.33. The van der Waals surface area contributed by atoms with Crippen molar-refractivity contribution in [3.8, 4) is 0 Å². The van der Waals surface area contributed by atoms with Crippen LogP contribution in [0.1, 0.15) is 23.2 Å². The van der Waals surface area contributed by atoms with Crippen LogP contribution in [0.2, 0.25) is 5.02 Å². The molecule has 2 rings (SSSR count). The molecule has 0 aliphatic carbocycles. The van der Waals surface area contributed by atoms with E-state index in [9.17, 15) is 9.90 Å².